The molecule has 1 heterocycles. The van der Waals surface area contributed by atoms with Gasteiger partial charge in [-0.3, -0.25) is 9.89 Å². The molecule has 0 aromatic rings. The number of halogens is 1. The summed E-state index contributed by atoms with van der Waals surface area (Å²) >= 11 is 1.92. The van der Waals surface area contributed by atoms with Crippen molar-refractivity contribution in [3.63, 3.8) is 0 Å². The van der Waals surface area contributed by atoms with Gasteiger partial charge in [0.15, 0.2) is 5.96 Å². The monoisotopic (exact) mass is 470 g/mol. The maximum atomic E-state index is 4.85. The van der Waals surface area contributed by atoms with E-state index in [1.165, 1.54) is 44.5 Å². The maximum Gasteiger partial charge on any atom is 0.191 e. The van der Waals surface area contributed by atoms with Crippen LogP contribution >= 0.6 is 35.7 Å². The minimum Gasteiger partial charge on any atom is -0.357 e. The van der Waals surface area contributed by atoms with E-state index in [0.29, 0.717) is 0 Å². The van der Waals surface area contributed by atoms with E-state index in [2.05, 4.69) is 49.5 Å². The molecule has 1 aliphatic rings. The number of piperidine rings is 1. The Morgan fingerprint density at radius 1 is 1.29 bits per heavy atom. The summed E-state index contributed by atoms with van der Waals surface area (Å²) in [6.45, 7) is 14.3. The Morgan fingerprint density at radius 3 is 2.67 bits per heavy atom. The van der Waals surface area contributed by atoms with E-state index in [0.717, 1.165) is 31.5 Å². The van der Waals surface area contributed by atoms with Gasteiger partial charge in [-0.05, 0) is 70.9 Å². The summed E-state index contributed by atoms with van der Waals surface area (Å²) in [4.78, 5) is 7.47. The quantitative estimate of drug-likeness (QED) is 0.233. The second kappa shape index (κ2) is 13.5. The first-order valence-corrected chi connectivity index (χ1v) is 10.6. The first-order chi connectivity index (χ1) is 11.0. The van der Waals surface area contributed by atoms with Crippen LogP contribution in [0.2, 0.25) is 0 Å². The lowest BCUT2D eigenvalue weighted by Gasteiger charge is -2.42. The molecule has 144 valence electrons. The Balaban J connectivity index is 0.00000529. The largest absolute Gasteiger partial charge is 0.357 e. The van der Waals surface area contributed by atoms with Crippen LogP contribution in [0.4, 0.5) is 0 Å². The highest BCUT2D eigenvalue weighted by atomic mass is 127. The molecule has 0 aliphatic carbocycles. The van der Waals surface area contributed by atoms with E-state index in [9.17, 15) is 0 Å². The van der Waals surface area contributed by atoms with Crippen LogP contribution in [-0.2, 0) is 0 Å². The molecule has 0 saturated carbocycles. The summed E-state index contributed by atoms with van der Waals surface area (Å²) in [7, 11) is 0. The molecular weight excluding hydrogens is 431 g/mol. The Morgan fingerprint density at radius 2 is 2.04 bits per heavy atom. The van der Waals surface area contributed by atoms with Gasteiger partial charge in [0.1, 0.15) is 0 Å². The molecule has 1 atom stereocenters. The van der Waals surface area contributed by atoms with Gasteiger partial charge in [-0.1, -0.05) is 6.92 Å². The average Bonchev–Trinajstić information content (AvgIpc) is 2.52. The molecule has 6 heteroatoms. The number of rotatable bonds is 9. The summed E-state index contributed by atoms with van der Waals surface area (Å²) in [5, 5.41) is 6.85. The Bertz CT molecular complexity index is 350. The number of likely N-dealkylation sites (tertiary alicyclic amines) is 1. The third kappa shape index (κ3) is 9.70. The van der Waals surface area contributed by atoms with E-state index in [4.69, 9.17) is 4.99 Å². The predicted molar refractivity (Wildman–Crippen MR) is 121 cm³/mol. The van der Waals surface area contributed by atoms with Gasteiger partial charge in [0, 0.05) is 25.2 Å². The van der Waals surface area contributed by atoms with Crippen LogP contribution in [0.15, 0.2) is 4.99 Å². The number of guanidine groups is 1. The molecule has 0 radical (unpaired) electrons. The van der Waals surface area contributed by atoms with Gasteiger partial charge in [-0.15, -0.1) is 24.0 Å². The highest BCUT2D eigenvalue weighted by molar-refractivity contribution is 14.0. The normalized spacial score (nSPS) is 19.7. The first kappa shape index (κ1) is 24.3. The van der Waals surface area contributed by atoms with E-state index < -0.39 is 0 Å². The third-order valence-corrected chi connectivity index (χ3v) is 5.25. The summed E-state index contributed by atoms with van der Waals surface area (Å²) in [5.41, 5.74) is 0.135. The van der Waals surface area contributed by atoms with Gasteiger partial charge in [0.2, 0.25) is 0 Å². The van der Waals surface area contributed by atoms with Crippen LogP contribution in [0.5, 0.6) is 0 Å². The van der Waals surface area contributed by atoms with Crippen LogP contribution in [0.3, 0.4) is 0 Å². The Labute approximate surface area is 171 Å². The van der Waals surface area contributed by atoms with Crippen molar-refractivity contribution in [3.05, 3.63) is 0 Å². The van der Waals surface area contributed by atoms with Crippen molar-refractivity contribution >= 4 is 41.7 Å². The van der Waals surface area contributed by atoms with Crippen molar-refractivity contribution in [2.75, 3.05) is 44.7 Å². The molecule has 0 amide bonds. The first-order valence-electron chi connectivity index (χ1n) is 9.25. The number of thioether (sulfide) groups is 1. The van der Waals surface area contributed by atoms with Crippen LogP contribution in [0, 0.1) is 5.92 Å². The van der Waals surface area contributed by atoms with Crippen molar-refractivity contribution in [1.82, 2.24) is 15.5 Å². The topological polar surface area (TPSA) is 39.7 Å². The van der Waals surface area contributed by atoms with Gasteiger partial charge >= 0.3 is 0 Å². The molecule has 0 bridgehead atoms. The van der Waals surface area contributed by atoms with E-state index >= 15 is 0 Å². The lowest BCUT2D eigenvalue weighted by molar-refractivity contribution is 0.0774. The average molecular weight is 471 g/mol. The summed E-state index contributed by atoms with van der Waals surface area (Å²) in [6, 6.07) is 0. The number of hydrogen-bond donors (Lipinski definition) is 2. The summed E-state index contributed by atoms with van der Waals surface area (Å²) in [5.74, 6) is 3.03. The predicted octanol–water partition coefficient (Wildman–Crippen LogP) is 3.81. The molecule has 2 N–H and O–H groups in total. The highest BCUT2D eigenvalue weighted by Gasteiger charge is 2.29. The zero-order valence-electron chi connectivity index (χ0n) is 16.4. The lowest BCUT2D eigenvalue weighted by Crippen LogP contribution is -2.51. The molecule has 0 aromatic heterocycles. The SMILES string of the molecule is CCNC(=NCC(C)(C)N1CCCC(C)C1)NCCCCSC.I. The van der Waals surface area contributed by atoms with Crippen LogP contribution in [-0.4, -0.2) is 61.1 Å². The van der Waals surface area contributed by atoms with E-state index in [-0.39, 0.29) is 29.5 Å². The molecule has 1 unspecified atom stereocenters. The summed E-state index contributed by atoms with van der Waals surface area (Å²) < 4.78 is 0. The van der Waals surface area contributed by atoms with E-state index in [1.807, 2.05) is 11.8 Å². The standard InChI is InChI=1S/C18H38N4S.HI/c1-6-19-17(20-11-7-8-13-23-5)21-15-18(3,4)22-12-9-10-16(2)14-22;/h16H,6-15H2,1-5H3,(H2,19,20,21);1H. The fraction of sp³-hybridized carbons (Fsp3) is 0.944. The fourth-order valence-electron chi connectivity index (χ4n) is 3.03. The van der Waals surface area contributed by atoms with Gasteiger partial charge < -0.3 is 10.6 Å². The van der Waals surface area contributed by atoms with Crippen molar-refractivity contribution in [2.24, 2.45) is 10.9 Å². The molecule has 1 rings (SSSR count). The van der Waals surface area contributed by atoms with Gasteiger partial charge in [-0.2, -0.15) is 11.8 Å². The van der Waals surface area contributed by atoms with Crippen molar-refractivity contribution in [1.29, 1.82) is 0 Å². The Hall–Kier alpha value is 0.310. The second-order valence-corrected chi connectivity index (χ2v) is 8.31. The van der Waals surface area contributed by atoms with Crippen LogP contribution in [0.1, 0.15) is 53.4 Å². The molecule has 1 aliphatic heterocycles. The van der Waals surface area contributed by atoms with Gasteiger partial charge in [-0.25, -0.2) is 0 Å². The molecular formula is C18H39IN4S. The second-order valence-electron chi connectivity index (χ2n) is 7.33. The number of unbranched alkanes of at least 4 members (excludes halogenated alkanes) is 1. The number of hydrogen-bond acceptors (Lipinski definition) is 3. The third-order valence-electron chi connectivity index (χ3n) is 4.55. The minimum atomic E-state index is 0. The molecule has 24 heavy (non-hydrogen) atoms. The van der Waals surface area contributed by atoms with Gasteiger partial charge in [0.25, 0.3) is 0 Å². The van der Waals surface area contributed by atoms with Crippen molar-refractivity contribution < 1.29 is 0 Å². The van der Waals surface area contributed by atoms with E-state index in [1.54, 1.807) is 0 Å². The molecule has 4 nitrogen and oxygen atoms in total. The molecule has 1 fully saturated rings. The van der Waals surface area contributed by atoms with Crippen LogP contribution in [0.25, 0.3) is 0 Å². The number of nitrogens with one attached hydrogen (secondary N) is 2. The number of aliphatic imine (C=N–C) groups is 1. The fourth-order valence-corrected chi connectivity index (χ4v) is 3.52. The zero-order valence-corrected chi connectivity index (χ0v) is 19.5. The van der Waals surface area contributed by atoms with Crippen LogP contribution < -0.4 is 10.6 Å². The lowest BCUT2D eigenvalue weighted by atomic mass is 9.94. The summed E-state index contributed by atoms with van der Waals surface area (Å²) in [6.07, 6.45) is 7.34. The molecule has 0 spiro atoms. The molecule has 1 saturated heterocycles. The Kier molecular flexibility index (Phi) is 13.7. The van der Waals surface area contributed by atoms with Gasteiger partial charge in [0.05, 0.1) is 6.54 Å². The number of nitrogens with zero attached hydrogens (tertiary/aromatic N) is 2. The maximum absolute atomic E-state index is 4.85. The highest BCUT2D eigenvalue weighted by Crippen LogP contribution is 2.24. The minimum absolute atomic E-state index is 0. The molecule has 0 aromatic carbocycles. The van der Waals surface area contributed by atoms with Crippen molar-refractivity contribution in [3.8, 4) is 0 Å². The zero-order chi connectivity index (χ0) is 17.1. The smallest absolute Gasteiger partial charge is 0.191 e. The van der Waals surface area contributed by atoms with Crippen molar-refractivity contribution in [2.45, 2.75) is 58.9 Å².